The second-order valence-corrected chi connectivity index (χ2v) is 10.9. The molecule has 3 aromatic rings. The third-order valence-corrected chi connectivity index (χ3v) is 7.33. The summed E-state index contributed by atoms with van der Waals surface area (Å²) >= 11 is 0. The summed E-state index contributed by atoms with van der Waals surface area (Å²) in [4.78, 5) is 31.6. The van der Waals surface area contributed by atoms with Gasteiger partial charge in [-0.25, -0.2) is 0 Å². The van der Waals surface area contributed by atoms with E-state index in [-0.39, 0.29) is 18.4 Å². The van der Waals surface area contributed by atoms with Crippen LogP contribution in [-0.2, 0) is 9.59 Å². The summed E-state index contributed by atoms with van der Waals surface area (Å²) in [5, 5.41) is 8.97. The van der Waals surface area contributed by atoms with Crippen LogP contribution in [0.3, 0.4) is 0 Å². The van der Waals surface area contributed by atoms with Crippen LogP contribution in [0.4, 0.5) is 5.82 Å². The maximum Gasteiger partial charge on any atom is 0.242 e. The van der Waals surface area contributed by atoms with E-state index < -0.39 is 0 Å². The third kappa shape index (κ3) is 6.57. The smallest absolute Gasteiger partial charge is 0.242 e. The van der Waals surface area contributed by atoms with Crippen molar-refractivity contribution in [3.05, 3.63) is 66.7 Å². The number of anilines is 1. The van der Waals surface area contributed by atoms with Gasteiger partial charge in [0.1, 0.15) is 0 Å². The first-order valence-electron chi connectivity index (χ1n) is 13.8. The Hall–Kier alpha value is -3.74. The first-order valence-corrected chi connectivity index (χ1v) is 13.8. The minimum atomic E-state index is 0.0442. The van der Waals surface area contributed by atoms with E-state index >= 15 is 0 Å². The molecule has 2 aromatic carbocycles. The predicted molar refractivity (Wildman–Crippen MR) is 150 cm³/mol. The normalized spacial score (nSPS) is 15.6. The maximum atomic E-state index is 13.0. The molecule has 7 nitrogen and oxygen atoms in total. The Kier molecular flexibility index (Phi) is 8.01. The Morgan fingerprint density at radius 1 is 0.842 bits per heavy atom. The minimum absolute atomic E-state index is 0.0442. The van der Waals surface area contributed by atoms with Gasteiger partial charge in [0.25, 0.3) is 0 Å². The molecule has 2 aliphatic rings. The predicted octanol–water partition coefficient (Wildman–Crippen LogP) is 4.74. The highest BCUT2D eigenvalue weighted by atomic mass is 16.2. The molecular weight excluding hydrogens is 474 g/mol. The van der Waals surface area contributed by atoms with E-state index in [2.05, 4.69) is 51.5 Å². The van der Waals surface area contributed by atoms with E-state index in [4.69, 9.17) is 0 Å². The first kappa shape index (κ1) is 25.9. The number of piperazine rings is 1. The summed E-state index contributed by atoms with van der Waals surface area (Å²) in [5.41, 5.74) is 4.23. The molecule has 2 heterocycles. The van der Waals surface area contributed by atoms with Crippen LogP contribution in [0.5, 0.6) is 0 Å². The van der Waals surface area contributed by atoms with Gasteiger partial charge in [-0.3, -0.25) is 9.59 Å². The van der Waals surface area contributed by atoms with Crippen molar-refractivity contribution in [1.29, 1.82) is 0 Å². The van der Waals surface area contributed by atoms with Crippen molar-refractivity contribution in [2.24, 2.45) is 11.8 Å². The maximum absolute atomic E-state index is 13.0. The second kappa shape index (κ2) is 11.8. The number of aromatic nitrogens is 2. The van der Waals surface area contributed by atoms with Gasteiger partial charge in [-0.1, -0.05) is 68.4 Å². The Labute approximate surface area is 225 Å². The minimum Gasteiger partial charge on any atom is -0.352 e. The van der Waals surface area contributed by atoms with Gasteiger partial charge >= 0.3 is 0 Å². The quantitative estimate of drug-likeness (QED) is 0.415. The van der Waals surface area contributed by atoms with Gasteiger partial charge in [0.15, 0.2) is 5.82 Å². The van der Waals surface area contributed by atoms with Gasteiger partial charge in [0.2, 0.25) is 11.8 Å². The van der Waals surface area contributed by atoms with Crippen LogP contribution in [0.1, 0.15) is 33.1 Å². The van der Waals surface area contributed by atoms with Crippen LogP contribution in [0.25, 0.3) is 22.4 Å². The molecule has 1 saturated heterocycles. The Morgan fingerprint density at radius 2 is 1.50 bits per heavy atom. The highest BCUT2D eigenvalue weighted by molar-refractivity contribution is 5.85. The van der Waals surface area contributed by atoms with Crippen molar-refractivity contribution in [3.63, 3.8) is 0 Å². The molecule has 0 radical (unpaired) electrons. The van der Waals surface area contributed by atoms with Crippen LogP contribution in [-0.4, -0.2) is 71.1 Å². The number of rotatable bonds is 9. The molecule has 38 heavy (non-hydrogen) atoms. The molecule has 1 aromatic heterocycles. The van der Waals surface area contributed by atoms with E-state index in [1.54, 1.807) is 4.90 Å². The average molecular weight is 512 g/mol. The zero-order valence-corrected chi connectivity index (χ0v) is 22.4. The molecule has 5 rings (SSSR count). The van der Waals surface area contributed by atoms with Gasteiger partial charge in [0, 0.05) is 44.7 Å². The lowest BCUT2D eigenvalue weighted by molar-refractivity contribution is -0.141. The standard InChI is InChI=1S/C31H37N5O2/c1-23(2)20-30(37)36(21-24-8-9-24)22-31(38)35-18-16-34(17-19-35)29-15-14-28(32-33-29)27-12-10-26(11-13-27)25-6-4-3-5-7-25/h3-7,10-15,23-24H,8-9,16-22H2,1-2H3. The molecule has 1 saturated carbocycles. The molecule has 0 N–H and O–H groups in total. The Bertz CT molecular complexity index is 1220. The van der Waals surface area contributed by atoms with Crippen LogP contribution in [0.2, 0.25) is 0 Å². The molecule has 2 fully saturated rings. The van der Waals surface area contributed by atoms with Crippen molar-refractivity contribution < 1.29 is 9.59 Å². The van der Waals surface area contributed by atoms with Crippen molar-refractivity contribution >= 4 is 17.6 Å². The lowest BCUT2D eigenvalue weighted by atomic mass is 10.0. The summed E-state index contributed by atoms with van der Waals surface area (Å²) in [6, 6.07) is 22.7. The molecule has 198 valence electrons. The highest BCUT2D eigenvalue weighted by Crippen LogP contribution is 2.30. The summed E-state index contributed by atoms with van der Waals surface area (Å²) in [5.74, 6) is 1.83. The molecule has 7 heteroatoms. The number of amides is 2. The van der Waals surface area contributed by atoms with Crippen LogP contribution in [0.15, 0.2) is 66.7 Å². The zero-order chi connectivity index (χ0) is 26.5. The van der Waals surface area contributed by atoms with E-state index in [0.717, 1.165) is 29.9 Å². The van der Waals surface area contributed by atoms with Crippen LogP contribution >= 0.6 is 0 Å². The number of hydrogen-bond acceptors (Lipinski definition) is 5. The molecule has 1 aliphatic carbocycles. The zero-order valence-electron chi connectivity index (χ0n) is 22.4. The monoisotopic (exact) mass is 511 g/mol. The summed E-state index contributed by atoms with van der Waals surface area (Å²) in [7, 11) is 0. The number of benzene rings is 2. The van der Waals surface area contributed by atoms with E-state index in [1.165, 1.54) is 11.1 Å². The van der Waals surface area contributed by atoms with Crippen LogP contribution in [0, 0.1) is 11.8 Å². The molecule has 1 aliphatic heterocycles. The second-order valence-electron chi connectivity index (χ2n) is 10.9. The average Bonchev–Trinajstić information content (AvgIpc) is 3.77. The molecule has 0 unspecified atom stereocenters. The fourth-order valence-corrected chi connectivity index (χ4v) is 4.91. The fraction of sp³-hybridized carbons (Fsp3) is 0.419. The van der Waals surface area contributed by atoms with Gasteiger partial charge in [0.05, 0.1) is 12.2 Å². The topological polar surface area (TPSA) is 69.6 Å². The van der Waals surface area contributed by atoms with Crippen LogP contribution < -0.4 is 4.90 Å². The lowest BCUT2D eigenvalue weighted by Crippen LogP contribution is -2.52. The van der Waals surface area contributed by atoms with E-state index in [1.807, 2.05) is 49.1 Å². The van der Waals surface area contributed by atoms with Gasteiger partial charge in [-0.2, -0.15) is 0 Å². The van der Waals surface area contributed by atoms with E-state index in [0.29, 0.717) is 51.0 Å². The van der Waals surface area contributed by atoms with Crippen molar-refractivity contribution in [2.75, 3.05) is 44.2 Å². The summed E-state index contributed by atoms with van der Waals surface area (Å²) < 4.78 is 0. The molecule has 0 bridgehead atoms. The Balaban J connectivity index is 1.14. The number of nitrogens with zero attached hydrogens (tertiary/aromatic N) is 5. The van der Waals surface area contributed by atoms with Gasteiger partial charge in [-0.05, 0) is 47.9 Å². The molecule has 0 spiro atoms. The Morgan fingerprint density at radius 3 is 2.11 bits per heavy atom. The van der Waals surface area contributed by atoms with Crippen molar-refractivity contribution in [2.45, 2.75) is 33.1 Å². The number of carbonyl (C=O) groups is 2. The third-order valence-electron chi connectivity index (χ3n) is 7.33. The summed E-state index contributed by atoms with van der Waals surface area (Å²) in [6.45, 7) is 7.66. The largest absolute Gasteiger partial charge is 0.352 e. The fourth-order valence-electron chi connectivity index (χ4n) is 4.91. The van der Waals surface area contributed by atoms with Gasteiger partial charge in [-0.15, -0.1) is 10.2 Å². The number of carbonyl (C=O) groups excluding carboxylic acids is 2. The SMILES string of the molecule is CC(C)CC(=O)N(CC(=O)N1CCN(c2ccc(-c3ccc(-c4ccccc4)cc3)nn2)CC1)CC1CC1. The van der Waals surface area contributed by atoms with Crippen molar-refractivity contribution in [1.82, 2.24) is 20.0 Å². The highest BCUT2D eigenvalue weighted by Gasteiger charge is 2.30. The molecular formula is C31H37N5O2. The summed E-state index contributed by atoms with van der Waals surface area (Å²) in [6.07, 6.45) is 2.83. The van der Waals surface area contributed by atoms with Gasteiger partial charge < -0.3 is 14.7 Å². The first-order chi connectivity index (χ1) is 18.5. The number of hydrogen-bond donors (Lipinski definition) is 0. The van der Waals surface area contributed by atoms with Crippen molar-refractivity contribution in [3.8, 4) is 22.4 Å². The van der Waals surface area contributed by atoms with E-state index in [9.17, 15) is 9.59 Å². The molecule has 2 amide bonds. The molecule has 0 atom stereocenters. The lowest BCUT2D eigenvalue weighted by Gasteiger charge is -2.36.